The van der Waals surface area contributed by atoms with Crippen LogP contribution in [0, 0.1) is 23.7 Å². The van der Waals surface area contributed by atoms with Gasteiger partial charge in [-0.25, -0.2) is 4.79 Å². The molecule has 1 aliphatic heterocycles. The van der Waals surface area contributed by atoms with Crippen molar-refractivity contribution in [2.75, 3.05) is 12.0 Å². The first-order chi connectivity index (χ1) is 12.1. The van der Waals surface area contributed by atoms with Crippen LogP contribution < -0.4 is 10.6 Å². The quantitative estimate of drug-likeness (QED) is 0.623. The Morgan fingerprint density at radius 2 is 1.84 bits per heavy atom. The minimum Gasteiger partial charge on any atom is -0.320 e. The van der Waals surface area contributed by atoms with Crippen molar-refractivity contribution in [2.24, 2.45) is 23.7 Å². The van der Waals surface area contributed by atoms with Gasteiger partial charge >= 0.3 is 6.03 Å². The second-order valence-electron chi connectivity index (χ2n) is 6.59. The predicted octanol–water partition coefficient (Wildman–Crippen LogP) is 1.38. The molecule has 2 fully saturated rings. The SMILES string of the molecule is CCc1nnc(NC(=O)NCN2C(=O)[C@H]3[C@H](C2=O)[C@H]2C=C[C@H]3CC2)s1. The van der Waals surface area contributed by atoms with Crippen molar-refractivity contribution in [1.82, 2.24) is 20.4 Å². The topological polar surface area (TPSA) is 104 Å². The predicted molar refractivity (Wildman–Crippen MR) is 90.5 cm³/mol. The lowest BCUT2D eigenvalue weighted by Crippen LogP contribution is -2.43. The zero-order chi connectivity index (χ0) is 17.6. The lowest BCUT2D eigenvalue weighted by atomic mass is 9.63. The molecule has 1 saturated carbocycles. The van der Waals surface area contributed by atoms with Crippen LogP contribution in [0.15, 0.2) is 12.2 Å². The summed E-state index contributed by atoms with van der Waals surface area (Å²) in [5.74, 6) is -0.539. The summed E-state index contributed by atoms with van der Waals surface area (Å²) in [6.07, 6.45) is 6.81. The van der Waals surface area contributed by atoms with E-state index in [1.54, 1.807) is 0 Å². The van der Waals surface area contributed by atoms with E-state index in [4.69, 9.17) is 0 Å². The summed E-state index contributed by atoms with van der Waals surface area (Å²) in [6, 6.07) is -0.504. The van der Waals surface area contributed by atoms with Crippen molar-refractivity contribution >= 4 is 34.3 Å². The Bertz CT molecular complexity index is 729. The van der Waals surface area contributed by atoms with Crippen molar-refractivity contribution in [2.45, 2.75) is 26.2 Å². The van der Waals surface area contributed by atoms with Crippen molar-refractivity contribution in [1.29, 1.82) is 0 Å². The van der Waals surface area contributed by atoms with Crippen molar-refractivity contribution < 1.29 is 14.4 Å². The molecule has 4 aliphatic rings. The van der Waals surface area contributed by atoms with Gasteiger partial charge in [0.15, 0.2) is 0 Å². The molecule has 8 nitrogen and oxygen atoms in total. The van der Waals surface area contributed by atoms with Gasteiger partial charge in [0.05, 0.1) is 11.8 Å². The summed E-state index contributed by atoms with van der Waals surface area (Å²) in [6.45, 7) is 1.84. The van der Waals surface area contributed by atoms with Crippen LogP contribution in [0.4, 0.5) is 9.93 Å². The summed E-state index contributed by atoms with van der Waals surface area (Å²) in [5.41, 5.74) is 0. The summed E-state index contributed by atoms with van der Waals surface area (Å²) >= 11 is 1.30. The molecule has 0 aromatic carbocycles. The average molecular weight is 361 g/mol. The maximum atomic E-state index is 12.6. The highest BCUT2D eigenvalue weighted by Crippen LogP contribution is 2.49. The van der Waals surface area contributed by atoms with Crippen LogP contribution in [0.25, 0.3) is 0 Å². The third-order valence-corrected chi connectivity index (χ3v) is 6.22. The Hall–Kier alpha value is -2.29. The number of anilines is 1. The summed E-state index contributed by atoms with van der Waals surface area (Å²) in [7, 11) is 0. The number of amides is 4. The number of urea groups is 1. The van der Waals surface area contributed by atoms with E-state index in [1.165, 1.54) is 16.2 Å². The Morgan fingerprint density at radius 1 is 1.20 bits per heavy atom. The Balaban J connectivity index is 1.37. The number of nitrogens with zero attached hydrogens (tertiary/aromatic N) is 3. The molecule has 2 bridgehead atoms. The van der Waals surface area contributed by atoms with Crippen LogP contribution in [0.3, 0.4) is 0 Å². The van der Waals surface area contributed by atoms with Gasteiger partial charge in [0.2, 0.25) is 16.9 Å². The summed E-state index contributed by atoms with van der Waals surface area (Å²) in [4.78, 5) is 38.4. The first-order valence-corrected chi connectivity index (χ1v) is 9.31. The molecular weight excluding hydrogens is 342 g/mol. The fourth-order valence-electron chi connectivity index (χ4n) is 4.03. The van der Waals surface area contributed by atoms with Crippen LogP contribution in [0.2, 0.25) is 0 Å². The number of rotatable bonds is 4. The number of hydrogen-bond donors (Lipinski definition) is 2. The molecule has 3 aliphatic carbocycles. The van der Waals surface area contributed by atoms with Gasteiger partial charge in [0.1, 0.15) is 11.7 Å². The fourth-order valence-corrected chi connectivity index (χ4v) is 4.71. The van der Waals surface area contributed by atoms with Crippen molar-refractivity contribution in [3.05, 3.63) is 17.2 Å². The van der Waals surface area contributed by atoms with E-state index in [0.717, 1.165) is 24.3 Å². The maximum Gasteiger partial charge on any atom is 0.322 e. The van der Waals surface area contributed by atoms with Gasteiger partial charge in [-0.3, -0.25) is 19.8 Å². The van der Waals surface area contributed by atoms with E-state index < -0.39 is 6.03 Å². The molecule has 2 N–H and O–H groups in total. The molecule has 0 spiro atoms. The van der Waals surface area contributed by atoms with Gasteiger partial charge in [0, 0.05) is 0 Å². The smallest absolute Gasteiger partial charge is 0.320 e. The zero-order valence-electron chi connectivity index (χ0n) is 13.8. The largest absolute Gasteiger partial charge is 0.322 e. The highest BCUT2D eigenvalue weighted by molar-refractivity contribution is 7.15. The molecule has 132 valence electrons. The van der Waals surface area contributed by atoms with Gasteiger partial charge < -0.3 is 5.32 Å². The van der Waals surface area contributed by atoms with E-state index in [2.05, 4.69) is 33.0 Å². The van der Waals surface area contributed by atoms with Crippen LogP contribution in [-0.2, 0) is 16.0 Å². The molecule has 9 heteroatoms. The second kappa shape index (κ2) is 6.21. The number of nitrogens with one attached hydrogen (secondary N) is 2. The molecule has 1 aromatic heterocycles. The minimum atomic E-state index is -0.504. The lowest BCUT2D eigenvalue weighted by molar-refractivity contribution is -0.140. The highest BCUT2D eigenvalue weighted by Gasteiger charge is 2.56. The van der Waals surface area contributed by atoms with E-state index in [1.807, 2.05) is 6.92 Å². The number of carbonyl (C=O) groups excluding carboxylic acids is 3. The normalized spacial score (nSPS) is 29.9. The zero-order valence-corrected chi connectivity index (χ0v) is 14.6. The van der Waals surface area contributed by atoms with Gasteiger partial charge in [0.25, 0.3) is 0 Å². The van der Waals surface area contributed by atoms with Crippen LogP contribution in [0.5, 0.6) is 0 Å². The number of carbonyl (C=O) groups is 3. The fraction of sp³-hybridized carbons (Fsp3) is 0.562. The first-order valence-electron chi connectivity index (χ1n) is 8.49. The van der Waals surface area contributed by atoms with E-state index in [9.17, 15) is 14.4 Å². The van der Waals surface area contributed by atoms with Gasteiger partial charge in [-0.05, 0) is 31.1 Å². The third kappa shape index (κ3) is 2.72. The molecule has 5 rings (SSSR count). The lowest BCUT2D eigenvalue weighted by Gasteiger charge is -2.38. The second-order valence-corrected chi connectivity index (χ2v) is 7.65. The van der Waals surface area contributed by atoms with E-state index in [-0.39, 0.29) is 42.2 Å². The van der Waals surface area contributed by atoms with Crippen LogP contribution in [-0.4, -0.2) is 39.6 Å². The highest BCUT2D eigenvalue weighted by atomic mass is 32.1. The summed E-state index contributed by atoms with van der Waals surface area (Å²) < 4.78 is 0. The molecule has 4 atom stereocenters. The van der Waals surface area contributed by atoms with Crippen molar-refractivity contribution in [3.63, 3.8) is 0 Å². The Labute approximate surface area is 148 Å². The standard InChI is InChI=1S/C16H19N5O3S/c1-2-10-19-20-16(25-10)18-15(24)17-7-21-13(22)11-8-3-4-9(6-5-8)12(11)14(21)23/h3-4,8-9,11-12H,2,5-7H2,1H3,(H2,17,18,20,24)/t8-,9-,11+,12+/m0/s1. The van der Waals surface area contributed by atoms with Gasteiger partial charge in [-0.2, -0.15) is 0 Å². The molecule has 0 radical (unpaired) electrons. The Kier molecular flexibility index (Phi) is 4.03. The molecule has 2 heterocycles. The van der Waals surface area contributed by atoms with Crippen LogP contribution >= 0.6 is 11.3 Å². The minimum absolute atomic E-state index is 0.116. The average Bonchev–Trinajstić information content (AvgIpc) is 3.18. The molecular formula is C16H19N5O3S. The van der Waals surface area contributed by atoms with E-state index in [0.29, 0.717) is 5.13 Å². The van der Waals surface area contributed by atoms with Crippen molar-refractivity contribution in [3.8, 4) is 0 Å². The summed E-state index contributed by atoms with van der Waals surface area (Å²) in [5, 5.41) is 14.2. The van der Waals surface area contributed by atoms with Crippen LogP contribution in [0.1, 0.15) is 24.8 Å². The number of fused-ring (bicyclic) bond motifs is 1. The Morgan fingerprint density at radius 3 is 2.36 bits per heavy atom. The number of likely N-dealkylation sites (tertiary alicyclic amines) is 1. The number of aryl methyl sites for hydroxylation is 1. The molecule has 4 amide bonds. The molecule has 1 saturated heterocycles. The number of aromatic nitrogens is 2. The molecule has 1 aromatic rings. The molecule has 25 heavy (non-hydrogen) atoms. The number of allylic oxidation sites excluding steroid dienone is 2. The maximum absolute atomic E-state index is 12.6. The number of hydrogen-bond acceptors (Lipinski definition) is 6. The monoisotopic (exact) mass is 361 g/mol. The third-order valence-electron chi connectivity index (χ3n) is 5.24. The first kappa shape index (κ1) is 16.2. The molecule has 0 unspecified atom stereocenters. The number of imide groups is 1. The van der Waals surface area contributed by atoms with Gasteiger partial charge in [-0.1, -0.05) is 30.4 Å². The van der Waals surface area contributed by atoms with E-state index >= 15 is 0 Å². The van der Waals surface area contributed by atoms with Gasteiger partial charge in [-0.15, -0.1) is 10.2 Å².